The fourth-order valence-electron chi connectivity index (χ4n) is 1.85. The number of hydrogen-bond acceptors (Lipinski definition) is 3. The SMILES string of the molecule is CCOc1ccc(C(C)CCC(C)=O)cc1OC. The first-order chi connectivity index (χ1) is 8.58. The first-order valence-corrected chi connectivity index (χ1v) is 6.38. The van der Waals surface area contributed by atoms with E-state index in [4.69, 9.17) is 9.47 Å². The summed E-state index contributed by atoms with van der Waals surface area (Å²) in [4.78, 5) is 11.0. The van der Waals surface area contributed by atoms with Crippen LogP contribution in [0.2, 0.25) is 0 Å². The van der Waals surface area contributed by atoms with E-state index in [1.165, 1.54) is 5.56 Å². The first kappa shape index (κ1) is 14.6. The highest BCUT2D eigenvalue weighted by Gasteiger charge is 2.11. The average Bonchev–Trinajstić information content (AvgIpc) is 2.36. The van der Waals surface area contributed by atoms with Crippen LogP contribution < -0.4 is 9.47 Å². The summed E-state index contributed by atoms with van der Waals surface area (Å²) in [5, 5.41) is 0. The van der Waals surface area contributed by atoms with Crippen LogP contribution in [-0.4, -0.2) is 19.5 Å². The van der Waals surface area contributed by atoms with Gasteiger partial charge in [0.05, 0.1) is 13.7 Å². The Labute approximate surface area is 109 Å². The fourth-order valence-corrected chi connectivity index (χ4v) is 1.85. The number of benzene rings is 1. The van der Waals surface area contributed by atoms with Crippen LogP contribution in [0.5, 0.6) is 11.5 Å². The lowest BCUT2D eigenvalue weighted by atomic mass is 9.95. The molecule has 0 heterocycles. The third-order valence-electron chi connectivity index (χ3n) is 2.99. The number of Topliss-reactive ketones (excluding diaryl/α,β-unsaturated/α-hetero) is 1. The van der Waals surface area contributed by atoms with Gasteiger partial charge in [0, 0.05) is 6.42 Å². The van der Waals surface area contributed by atoms with Crippen LogP contribution in [0, 0.1) is 0 Å². The summed E-state index contributed by atoms with van der Waals surface area (Å²) in [5.41, 5.74) is 1.18. The summed E-state index contributed by atoms with van der Waals surface area (Å²) in [6, 6.07) is 5.97. The summed E-state index contributed by atoms with van der Waals surface area (Å²) in [7, 11) is 1.64. The molecule has 1 aromatic carbocycles. The van der Waals surface area contributed by atoms with Crippen molar-refractivity contribution < 1.29 is 14.3 Å². The van der Waals surface area contributed by atoms with E-state index in [0.29, 0.717) is 18.9 Å². The second-order valence-electron chi connectivity index (χ2n) is 4.49. The summed E-state index contributed by atoms with van der Waals surface area (Å²) in [6.07, 6.45) is 1.49. The molecule has 1 atom stereocenters. The molecular formula is C15H22O3. The molecule has 0 radical (unpaired) electrons. The number of rotatable bonds is 7. The maximum absolute atomic E-state index is 11.0. The van der Waals surface area contributed by atoms with Gasteiger partial charge in [-0.3, -0.25) is 0 Å². The molecule has 0 saturated heterocycles. The number of hydrogen-bond donors (Lipinski definition) is 0. The minimum absolute atomic E-state index is 0.236. The predicted octanol–water partition coefficient (Wildman–Crippen LogP) is 3.57. The van der Waals surface area contributed by atoms with Crippen molar-refractivity contribution in [2.24, 2.45) is 0 Å². The topological polar surface area (TPSA) is 35.5 Å². The second kappa shape index (κ2) is 7.04. The maximum atomic E-state index is 11.0. The molecule has 0 bridgehead atoms. The van der Waals surface area contributed by atoms with Gasteiger partial charge in [-0.1, -0.05) is 13.0 Å². The first-order valence-electron chi connectivity index (χ1n) is 6.38. The zero-order chi connectivity index (χ0) is 13.5. The van der Waals surface area contributed by atoms with E-state index < -0.39 is 0 Å². The molecule has 0 aliphatic carbocycles. The van der Waals surface area contributed by atoms with Gasteiger partial charge < -0.3 is 14.3 Å². The predicted molar refractivity (Wildman–Crippen MR) is 72.5 cm³/mol. The number of ether oxygens (including phenoxy) is 2. The van der Waals surface area contributed by atoms with Crippen LogP contribution >= 0.6 is 0 Å². The molecular weight excluding hydrogens is 228 g/mol. The standard InChI is InChI=1S/C15H22O3/c1-5-18-14-9-8-13(10-15(14)17-4)11(2)6-7-12(3)16/h8-11H,5-7H2,1-4H3. The van der Waals surface area contributed by atoms with Crippen molar-refractivity contribution in [3.63, 3.8) is 0 Å². The minimum atomic E-state index is 0.236. The van der Waals surface area contributed by atoms with Crippen molar-refractivity contribution in [1.82, 2.24) is 0 Å². The number of carbonyl (C=O) groups is 1. The smallest absolute Gasteiger partial charge is 0.161 e. The van der Waals surface area contributed by atoms with Gasteiger partial charge in [-0.15, -0.1) is 0 Å². The normalized spacial score (nSPS) is 12.0. The van der Waals surface area contributed by atoms with Crippen molar-refractivity contribution in [2.45, 2.75) is 39.5 Å². The van der Waals surface area contributed by atoms with Gasteiger partial charge in [0.1, 0.15) is 5.78 Å². The minimum Gasteiger partial charge on any atom is -0.493 e. The molecule has 0 aliphatic heterocycles. The molecule has 0 N–H and O–H groups in total. The molecule has 3 heteroatoms. The largest absolute Gasteiger partial charge is 0.493 e. The van der Waals surface area contributed by atoms with E-state index in [-0.39, 0.29) is 5.78 Å². The molecule has 0 aromatic heterocycles. The highest BCUT2D eigenvalue weighted by molar-refractivity contribution is 5.75. The van der Waals surface area contributed by atoms with Gasteiger partial charge in [-0.2, -0.15) is 0 Å². The average molecular weight is 250 g/mol. The van der Waals surface area contributed by atoms with E-state index in [1.807, 2.05) is 25.1 Å². The van der Waals surface area contributed by atoms with Gasteiger partial charge in [0.25, 0.3) is 0 Å². The summed E-state index contributed by atoms with van der Waals surface area (Å²) in [5.74, 6) is 2.10. The molecule has 18 heavy (non-hydrogen) atoms. The second-order valence-corrected chi connectivity index (χ2v) is 4.49. The lowest BCUT2D eigenvalue weighted by Crippen LogP contribution is -2.00. The van der Waals surface area contributed by atoms with Crippen molar-refractivity contribution in [2.75, 3.05) is 13.7 Å². The van der Waals surface area contributed by atoms with Crippen LogP contribution in [0.25, 0.3) is 0 Å². The Kier molecular flexibility index (Phi) is 5.69. The Balaban J connectivity index is 2.80. The van der Waals surface area contributed by atoms with Crippen LogP contribution in [0.15, 0.2) is 18.2 Å². The summed E-state index contributed by atoms with van der Waals surface area (Å²) >= 11 is 0. The summed E-state index contributed by atoms with van der Waals surface area (Å²) < 4.78 is 10.8. The Morgan fingerprint density at radius 3 is 2.61 bits per heavy atom. The van der Waals surface area contributed by atoms with Gasteiger partial charge >= 0.3 is 0 Å². The lowest BCUT2D eigenvalue weighted by molar-refractivity contribution is -0.117. The third-order valence-corrected chi connectivity index (χ3v) is 2.99. The molecule has 0 aliphatic rings. The van der Waals surface area contributed by atoms with Crippen molar-refractivity contribution in [3.05, 3.63) is 23.8 Å². The van der Waals surface area contributed by atoms with Gasteiger partial charge in [-0.25, -0.2) is 0 Å². The van der Waals surface area contributed by atoms with Crippen molar-refractivity contribution in [3.8, 4) is 11.5 Å². The fraction of sp³-hybridized carbons (Fsp3) is 0.533. The van der Waals surface area contributed by atoms with E-state index in [9.17, 15) is 4.79 Å². The van der Waals surface area contributed by atoms with Crippen LogP contribution in [0.3, 0.4) is 0 Å². The molecule has 100 valence electrons. The Morgan fingerprint density at radius 2 is 2.06 bits per heavy atom. The quantitative estimate of drug-likeness (QED) is 0.742. The lowest BCUT2D eigenvalue weighted by Gasteiger charge is -2.15. The third kappa shape index (κ3) is 4.06. The van der Waals surface area contributed by atoms with Crippen LogP contribution in [-0.2, 0) is 4.79 Å². The van der Waals surface area contributed by atoms with E-state index in [1.54, 1.807) is 14.0 Å². The van der Waals surface area contributed by atoms with Gasteiger partial charge in [-0.05, 0) is 43.9 Å². The number of ketones is 1. The molecule has 1 aromatic rings. The maximum Gasteiger partial charge on any atom is 0.161 e. The Bertz CT molecular complexity index is 399. The van der Waals surface area contributed by atoms with E-state index in [2.05, 4.69) is 6.92 Å². The molecule has 0 fully saturated rings. The monoisotopic (exact) mass is 250 g/mol. The van der Waals surface area contributed by atoms with Crippen LogP contribution in [0.4, 0.5) is 0 Å². The highest BCUT2D eigenvalue weighted by atomic mass is 16.5. The highest BCUT2D eigenvalue weighted by Crippen LogP contribution is 2.32. The molecule has 0 amide bonds. The van der Waals surface area contributed by atoms with Gasteiger partial charge in [0.2, 0.25) is 0 Å². The molecule has 1 unspecified atom stereocenters. The van der Waals surface area contributed by atoms with Crippen molar-refractivity contribution in [1.29, 1.82) is 0 Å². The molecule has 0 saturated carbocycles. The zero-order valence-electron chi connectivity index (χ0n) is 11.7. The molecule has 0 spiro atoms. The molecule has 3 nitrogen and oxygen atoms in total. The van der Waals surface area contributed by atoms with Crippen LogP contribution in [0.1, 0.15) is 45.1 Å². The Morgan fingerprint density at radius 1 is 1.33 bits per heavy atom. The van der Waals surface area contributed by atoms with E-state index in [0.717, 1.165) is 17.9 Å². The number of carbonyl (C=O) groups excluding carboxylic acids is 1. The summed E-state index contributed by atoms with van der Waals surface area (Å²) in [6.45, 7) is 6.32. The van der Waals surface area contributed by atoms with Gasteiger partial charge in [0.15, 0.2) is 11.5 Å². The Hall–Kier alpha value is -1.51. The van der Waals surface area contributed by atoms with E-state index >= 15 is 0 Å². The zero-order valence-corrected chi connectivity index (χ0v) is 11.7. The van der Waals surface area contributed by atoms with Crippen molar-refractivity contribution >= 4 is 5.78 Å². The molecule has 1 rings (SSSR count). The number of methoxy groups -OCH3 is 1.